The number of rotatable bonds is 3. The lowest BCUT2D eigenvalue weighted by Crippen LogP contribution is -2.58. The van der Waals surface area contributed by atoms with Crippen molar-refractivity contribution in [2.45, 2.75) is 24.3 Å². The molecule has 1 fully saturated rings. The molecule has 1 aromatic rings. The molecule has 0 aromatic carbocycles. The Morgan fingerprint density at radius 3 is 2.40 bits per heavy atom. The predicted octanol–water partition coefficient (Wildman–Crippen LogP) is -0.523. The number of nitrogens with zero attached hydrogens (tertiary/aromatic N) is 4. The maximum Gasteiger partial charge on any atom is 0.246 e. The molecule has 2 rings (SSSR count). The van der Waals surface area contributed by atoms with Gasteiger partial charge in [0.15, 0.2) is 0 Å². The number of sulfonamides is 1. The molecular weight excluding hydrogens is 280 g/mol. The van der Waals surface area contributed by atoms with Gasteiger partial charge in [-0.25, -0.2) is 24.2 Å². The summed E-state index contributed by atoms with van der Waals surface area (Å²) in [7, 11) is -1.57. The molecule has 112 valence electrons. The van der Waals surface area contributed by atoms with Gasteiger partial charge in [-0.1, -0.05) is 0 Å². The van der Waals surface area contributed by atoms with Crippen LogP contribution in [0.1, 0.15) is 13.8 Å². The van der Waals surface area contributed by atoms with Gasteiger partial charge in [-0.3, -0.25) is 10.3 Å². The van der Waals surface area contributed by atoms with Gasteiger partial charge in [0.2, 0.25) is 16.0 Å². The van der Waals surface area contributed by atoms with E-state index in [9.17, 15) is 8.42 Å². The van der Waals surface area contributed by atoms with E-state index in [0.717, 1.165) is 0 Å². The third-order valence-corrected chi connectivity index (χ3v) is 5.47. The van der Waals surface area contributed by atoms with Gasteiger partial charge in [0, 0.05) is 25.2 Å². The van der Waals surface area contributed by atoms with Crippen LogP contribution in [0, 0.1) is 0 Å². The largest absolute Gasteiger partial charge is 0.299 e. The standard InChI is InChI=1S/C11H20N6O2S/c1-11(2)8-17(5-4-16(11)3)20(18,19)9-6-13-10(15-12)14-7-9/h6-7H,4-5,8,12H2,1-3H3,(H,13,14,15). The lowest BCUT2D eigenvalue weighted by molar-refractivity contribution is 0.0801. The fourth-order valence-corrected chi connectivity index (χ4v) is 3.55. The van der Waals surface area contributed by atoms with Gasteiger partial charge >= 0.3 is 0 Å². The van der Waals surface area contributed by atoms with Gasteiger partial charge in [-0.2, -0.15) is 4.31 Å². The normalized spacial score (nSPS) is 20.8. The average Bonchev–Trinajstić information content (AvgIpc) is 2.41. The van der Waals surface area contributed by atoms with Gasteiger partial charge in [0.1, 0.15) is 4.90 Å². The second-order valence-corrected chi connectivity index (χ2v) is 7.40. The Hall–Kier alpha value is -1.29. The highest BCUT2D eigenvalue weighted by molar-refractivity contribution is 7.89. The molecule has 1 saturated heterocycles. The fourth-order valence-electron chi connectivity index (χ4n) is 2.07. The molecule has 1 aliphatic rings. The van der Waals surface area contributed by atoms with E-state index < -0.39 is 10.0 Å². The van der Waals surface area contributed by atoms with Crippen molar-refractivity contribution in [3.63, 3.8) is 0 Å². The van der Waals surface area contributed by atoms with Crippen LogP contribution >= 0.6 is 0 Å². The van der Waals surface area contributed by atoms with E-state index in [4.69, 9.17) is 5.84 Å². The molecule has 0 spiro atoms. The number of hydrogen-bond donors (Lipinski definition) is 2. The second kappa shape index (κ2) is 5.24. The van der Waals surface area contributed by atoms with Gasteiger partial charge in [-0.05, 0) is 20.9 Å². The van der Waals surface area contributed by atoms with Crippen LogP contribution in [-0.2, 0) is 10.0 Å². The number of nitrogens with two attached hydrogens (primary N) is 1. The Morgan fingerprint density at radius 2 is 1.90 bits per heavy atom. The highest BCUT2D eigenvalue weighted by Gasteiger charge is 2.37. The minimum absolute atomic E-state index is 0.0804. The number of piperazine rings is 1. The summed E-state index contributed by atoms with van der Waals surface area (Å²) in [5.41, 5.74) is 2.06. The minimum atomic E-state index is -3.57. The third-order valence-electron chi connectivity index (χ3n) is 3.68. The van der Waals surface area contributed by atoms with Crippen LogP contribution in [0.25, 0.3) is 0 Å². The number of hydrogen-bond acceptors (Lipinski definition) is 7. The predicted molar refractivity (Wildman–Crippen MR) is 75.3 cm³/mol. The molecule has 1 aliphatic heterocycles. The number of nitrogens with one attached hydrogen (secondary N) is 1. The van der Waals surface area contributed by atoms with E-state index in [2.05, 4.69) is 20.3 Å². The number of likely N-dealkylation sites (N-methyl/N-ethyl adjacent to an activating group) is 1. The Bertz CT molecular complexity index is 571. The molecule has 3 N–H and O–H groups in total. The summed E-state index contributed by atoms with van der Waals surface area (Å²) in [5.74, 6) is 5.35. The minimum Gasteiger partial charge on any atom is -0.299 e. The summed E-state index contributed by atoms with van der Waals surface area (Å²) in [4.78, 5) is 9.92. The molecule has 0 saturated carbocycles. The van der Waals surface area contributed by atoms with Crippen molar-refractivity contribution >= 4 is 16.0 Å². The first-order valence-electron chi connectivity index (χ1n) is 6.27. The molecule has 0 radical (unpaired) electrons. The summed E-state index contributed by atoms with van der Waals surface area (Å²) >= 11 is 0. The Labute approximate surface area is 119 Å². The molecule has 0 amide bonds. The van der Waals surface area contributed by atoms with Crippen LogP contribution in [0.15, 0.2) is 17.3 Å². The molecule has 20 heavy (non-hydrogen) atoms. The van der Waals surface area contributed by atoms with Crippen molar-refractivity contribution in [2.24, 2.45) is 5.84 Å². The Morgan fingerprint density at radius 1 is 1.30 bits per heavy atom. The SMILES string of the molecule is CN1CCN(S(=O)(=O)c2cnc(NN)nc2)CC1(C)C. The van der Waals surface area contributed by atoms with E-state index in [0.29, 0.717) is 19.6 Å². The zero-order valence-corrected chi connectivity index (χ0v) is 12.7. The van der Waals surface area contributed by atoms with Gasteiger partial charge < -0.3 is 0 Å². The molecular formula is C11H20N6O2S. The first kappa shape index (κ1) is 15.1. The topological polar surface area (TPSA) is 104 Å². The molecule has 2 heterocycles. The van der Waals surface area contributed by atoms with Gasteiger partial charge in [0.05, 0.1) is 12.4 Å². The molecule has 0 bridgehead atoms. The van der Waals surface area contributed by atoms with Crippen molar-refractivity contribution < 1.29 is 8.42 Å². The first-order valence-corrected chi connectivity index (χ1v) is 7.71. The third kappa shape index (κ3) is 2.75. The van der Waals surface area contributed by atoms with Crippen molar-refractivity contribution in [1.82, 2.24) is 19.2 Å². The summed E-state index contributed by atoms with van der Waals surface area (Å²) in [5, 5.41) is 0. The van der Waals surface area contributed by atoms with Crippen LogP contribution < -0.4 is 11.3 Å². The Kier molecular flexibility index (Phi) is 3.96. The monoisotopic (exact) mass is 300 g/mol. The maximum atomic E-state index is 12.6. The van der Waals surface area contributed by atoms with Crippen molar-refractivity contribution in [1.29, 1.82) is 0 Å². The van der Waals surface area contributed by atoms with Crippen LogP contribution in [-0.4, -0.2) is 59.8 Å². The van der Waals surface area contributed by atoms with Crippen LogP contribution in [0.3, 0.4) is 0 Å². The zero-order valence-electron chi connectivity index (χ0n) is 11.9. The highest BCUT2D eigenvalue weighted by atomic mass is 32.2. The van der Waals surface area contributed by atoms with E-state index in [1.807, 2.05) is 20.9 Å². The Balaban J connectivity index is 2.26. The summed E-state index contributed by atoms with van der Waals surface area (Å²) in [6.45, 7) is 5.62. The first-order chi connectivity index (χ1) is 9.27. The quantitative estimate of drug-likeness (QED) is 0.571. The fraction of sp³-hybridized carbons (Fsp3) is 0.636. The molecule has 8 nitrogen and oxygen atoms in total. The van der Waals surface area contributed by atoms with Crippen LogP contribution in [0.4, 0.5) is 5.95 Å². The van der Waals surface area contributed by atoms with Crippen LogP contribution in [0.5, 0.6) is 0 Å². The second-order valence-electron chi connectivity index (χ2n) is 5.46. The van der Waals surface area contributed by atoms with Gasteiger partial charge in [0.25, 0.3) is 0 Å². The average molecular weight is 300 g/mol. The van der Waals surface area contributed by atoms with Gasteiger partial charge in [-0.15, -0.1) is 0 Å². The van der Waals surface area contributed by atoms with E-state index >= 15 is 0 Å². The molecule has 9 heteroatoms. The number of nitrogen functional groups attached to an aromatic ring is 1. The molecule has 0 atom stereocenters. The number of anilines is 1. The summed E-state index contributed by atoms with van der Waals surface area (Å²) in [6, 6.07) is 0. The van der Waals surface area contributed by atoms with Crippen molar-refractivity contribution in [3.05, 3.63) is 12.4 Å². The number of hydrazine groups is 1. The zero-order chi connectivity index (χ0) is 15.0. The lowest BCUT2D eigenvalue weighted by atomic mass is 10.0. The van der Waals surface area contributed by atoms with Crippen LogP contribution in [0.2, 0.25) is 0 Å². The highest BCUT2D eigenvalue weighted by Crippen LogP contribution is 2.24. The van der Waals surface area contributed by atoms with Crippen molar-refractivity contribution in [3.8, 4) is 0 Å². The number of aromatic nitrogens is 2. The molecule has 0 aliphatic carbocycles. The summed E-state index contributed by atoms with van der Waals surface area (Å²) < 4.78 is 26.6. The van der Waals surface area contributed by atoms with Crippen molar-refractivity contribution in [2.75, 3.05) is 32.1 Å². The maximum absolute atomic E-state index is 12.6. The van der Waals surface area contributed by atoms with E-state index in [1.165, 1.54) is 16.7 Å². The van der Waals surface area contributed by atoms with E-state index in [-0.39, 0.29) is 16.4 Å². The lowest BCUT2D eigenvalue weighted by Gasteiger charge is -2.44. The smallest absolute Gasteiger partial charge is 0.246 e. The van der Waals surface area contributed by atoms with E-state index in [1.54, 1.807) is 0 Å². The summed E-state index contributed by atoms with van der Waals surface area (Å²) in [6.07, 6.45) is 2.53. The molecule has 0 unspecified atom stereocenters. The molecule has 1 aromatic heterocycles.